The minimum absolute atomic E-state index is 0.00159. The van der Waals surface area contributed by atoms with E-state index in [1.807, 2.05) is 0 Å². The maximum absolute atomic E-state index is 13.4. The zero-order valence-electron chi connectivity index (χ0n) is 12.9. The minimum atomic E-state index is -0.812. The fourth-order valence-corrected chi connectivity index (χ4v) is 2.10. The Morgan fingerprint density at radius 1 is 1.20 bits per heavy atom. The van der Waals surface area contributed by atoms with Crippen LogP contribution in [0.4, 0.5) is 14.5 Å². The summed E-state index contributed by atoms with van der Waals surface area (Å²) < 4.78 is 36.5. The number of nitrogens with zero attached hydrogens (tertiary/aromatic N) is 2. The molecule has 1 aromatic heterocycles. The zero-order valence-corrected chi connectivity index (χ0v) is 12.9. The van der Waals surface area contributed by atoms with Crippen LogP contribution in [0.3, 0.4) is 0 Å². The minimum Gasteiger partial charge on any atom is -0.490 e. The molecule has 0 saturated heterocycles. The van der Waals surface area contributed by atoms with E-state index in [9.17, 15) is 13.6 Å². The summed E-state index contributed by atoms with van der Waals surface area (Å²) in [5.41, 5.74) is 1.22. The third-order valence-corrected chi connectivity index (χ3v) is 3.23. The van der Waals surface area contributed by atoms with E-state index >= 15 is 0 Å². The van der Waals surface area contributed by atoms with Crippen LogP contribution in [-0.4, -0.2) is 22.7 Å². The molecule has 0 aliphatic heterocycles. The summed E-state index contributed by atoms with van der Waals surface area (Å²) >= 11 is 0. The molecule has 0 saturated carbocycles. The van der Waals surface area contributed by atoms with Gasteiger partial charge in [-0.15, -0.1) is 10.2 Å². The normalized spacial score (nSPS) is 10.5. The zero-order chi connectivity index (χ0) is 17.6. The van der Waals surface area contributed by atoms with Crippen molar-refractivity contribution in [3.63, 3.8) is 0 Å². The van der Waals surface area contributed by atoms with Crippen molar-refractivity contribution in [2.45, 2.75) is 6.42 Å². The lowest BCUT2D eigenvalue weighted by atomic mass is 10.2. The van der Waals surface area contributed by atoms with Crippen molar-refractivity contribution in [3.8, 4) is 17.2 Å². The number of benzene rings is 2. The number of carbonyl (C=O) groups is 1. The first-order valence-electron chi connectivity index (χ1n) is 7.36. The monoisotopic (exact) mass is 345 g/mol. The molecule has 0 aliphatic rings. The van der Waals surface area contributed by atoms with Crippen LogP contribution in [0.15, 0.2) is 53.3 Å². The highest BCUT2D eigenvalue weighted by molar-refractivity contribution is 5.91. The summed E-state index contributed by atoms with van der Waals surface area (Å²) in [6.45, 7) is -0.0439. The molecule has 0 fully saturated rings. The second kappa shape index (κ2) is 7.52. The average Bonchev–Trinajstić information content (AvgIpc) is 3.12. The van der Waals surface area contributed by atoms with Gasteiger partial charge >= 0.3 is 0 Å². The average molecular weight is 345 g/mol. The van der Waals surface area contributed by atoms with Gasteiger partial charge in [0, 0.05) is 17.3 Å². The van der Waals surface area contributed by atoms with E-state index in [0.717, 1.165) is 12.1 Å². The highest BCUT2D eigenvalue weighted by atomic mass is 19.1. The van der Waals surface area contributed by atoms with Crippen molar-refractivity contribution in [2.24, 2.45) is 0 Å². The summed E-state index contributed by atoms with van der Waals surface area (Å²) in [6.07, 6.45) is 1.22. The Labute approximate surface area is 141 Å². The molecule has 0 radical (unpaired) electrons. The first kappa shape index (κ1) is 16.6. The third-order valence-electron chi connectivity index (χ3n) is 3.23. The number of rotatable bonds is 6. The lowest BCUT2D eigenvalue weighted by Crippen LogP contribution is -2.15. The van der Waals surface area contributed by atoms with E-state index in [1.54, 1.807) is 24.3 Å². The molecule has 128 valence electrons. The molecular weight excluding hydrogens is 332 g/mol. The summed E-state index contributed by atoms with van der Waals surface area (Å²) in [4.78, 5) is 11.9. The van der Waals surface area contributed by atoms with Gasteiger partial charge in [-0.25, -0.2) is 8.78 Å². The Hall–Kier alpha value is -3.29. The summed E-state index contributed by atoms with van der Waals surface area (Å²) in [5.74, 6) is -1.58. The molecule has 0 spiro atoms. The Morgan fingerprint density at radius 3 is 2.84 bits per heavy atom. The second-order valence-electron chi connectivity index (χ2n) is 5.05. The van der Waals surface area contributed by atoms with E-state index in [-0.39, 0.29) is 24.7 Å². The van der Waals surface area contributed by atoms with Gasteiger partial charge in [-0.2, -0.15) is 0 Å². The molecule has 2 aromatic carbocycles. The van der Waals surface area contributed by atoms with Gasteiger partial charge in [0.25, 0.3) is 0 Å². The standard InChI is InChI=1S/C17H13F2N3O3/c18-12-4-5-15(14(19)9-12)24-7-6-16(23)21-13-3-1-2-11(8-13)17-22-20-10-25-17/h1-5,8-10H,6-7H2,(H,21,23). The predicted molar refractivity (Wildman–Crippen MR) is 84.8 cm³/mol. The van der Waals surface area contributed by atoms with Crippen molar-refractivity contribution < 1.29 is 22.7 Å². The number of carbonyl (C=O) groups excluding carboxylic acids is 1. The van der Waals surface area contributed by atoms with E-state index in [0.29, 0.717) is 17.1 Å². The quantitative estimate of drug-likeness (QED) is 0.741. The largest absolute Gasteiger partial charge is 0.490 e. The number of halogens is 2. The van der Waals surface area contributed by atoms with Crippen molar-refractivity contribution >= 4 is 11.6 Å². The van der Waals surface area contributed by atoms with Crippen LogP contribution in [0, 0.1) is 11.6 Å². The summed E-state index contributed by atoms with van der Waals surface area (Å²) in [7, 11) is 0. The van der Waals surface area contributed by atoms with Crippen LogP contribution < -0.4 is 10.1 Å². The van der Waals surface area contributed by atoms with Gasteiger partial charge in [-0.1, -0.05) is 6.07 Å². The first-order valence-corrected chi connectivity index (χ1v) is 7.36. The smallest absolute Gasteiger partial charge is 0.247 e. The lowest BCUT2D eigenvalue weighted by molar-refractivity contribution is -0.116. The van der Waals surface area contributed by atoms with Crippen LogP contribution in [0.2, 0.25) is 0 Å². The number of ether oxygens (including phenoxy) is 1. The molecule has 0 atom stereocenters. The van der Waals surface area contributed by atoms with Gasteiger partial charge in [0.15, 0.2) is 11.6 Å². The predicted octanol–water partition coefficient (Wildman–Crippen LogP) is 3.42. The molecule has 0 bridgehead atoms. The van der Waals surface area contributed by atoms with Crippen LogP contribution in [0.25, 0.3) is 11.5 Å². The molecule has 6 nitrogen and oxygen atoms in total. The van der Waals surface area contributed by atoms with Gasteiger partial charge < -0.3 is 14.5 Å². The second-order valence-corrected chi connectivity index (χ2v) is 5.05. The van der Waals surface area contributed by atoms with Gasteiger partial charge in [0.2, 0.25) is 18.2 Å². The first-order chi connectivity index (χ1) is 12.1. The van der Waals surface area contributed by atoms with Crippen molar-refractivity contribution in [1.29, 1.82) is 0 Å². The Kier molecular flexibility index (Phi) is 4.98. The molecule has 1 N–H and O–H groups in total. The number of aromatic nitrogens is 2. The van der Waals surface area contributed by atoms with E-state index in [1.165, 1.54) is 12.5 Å². The number of anilines is 1. The molecule has 3 rings (SSSR count). The van der Waals surface area contributed by atoms with Crippen LogP contribution >= 0.6 is 0 Å². The van der Waals surface area contributed by atoms with Crippen LogP contribution in [-0.2, 0) is 4.79 Å². The van der Waals surface area contributed by atoms with E-state index in [2.05, 4.69) is 15.5 Å². The van der Waals surface area contributed by atoms with E-state index < -0.39 is 11.6 Å². The molecule has 0 unspecified atom stereocenters. The topological polar surface area (TPSA) is 77.2 Å². The molecule has 0 aliphatic carbocycles. The highest BCUT2D eigenvalue weighted by Gasteiger charge is 2.09. The number of hydrogen-bond donors (Lipinski definition) is 1. The van der Waals surface area contributed by atoms with Gasteiger partial charge in [-0.05, 0) is 30.3 Å². The number of hydrogen-bond acceptors (Lipinski definition) is 5. The van der Waals surface area contributed by atoms with Crippen LogP contribution in [0.5, 0.6) is 5.75 Å². The Morgan fingerprint density at radius 2 is 2.08 bits per heavy atom. The van der Waals surface area contributed by atoms with Gasteiger partial charge in [-0.3, -0.25) is 4.79 Å². The van der Waals surface area contributed by atoms with Crippen molar-refractivity contribution in [3.05, 3.63) is 60.5 Å². The van der Waals surface area contributed by atoms with E-state index in [4.69, 9.17) is 9.15 Å². The fraction of sp³-hybridized carbons (Fsp3) is 0.118. The van der Waals surface area contributed by atoms with Crippen LogP contribution in [0.1, 0.15) is 6.42 Å². The maximum Gasteiger partial charge on any atom is 0.247 e. The maximum atomic E-state index is 13.4. The number of nitrogens with one attached hydrogen (secondary N) is 1. The molecule has 8 heteroatoms. The summed E-state index contributed by atoms with van der Waals surface area (Å²) in [5, 5.41) is 10.1. The van der Waals surface area contributed by atoms with Gasteiger partial charge in [0.05, 0.1) is 13.0 Å². The van der Waals surface area contributed by atoms with Crippen molar-refractivity contribution in [2.75, 3.05) is 11.9 Å². The molecule has 1 heterocycles. The molecule has 3 aromatic rings. The SMILES string of the molecule is O=C(CCOc1ccc(F)cc1F)Nc1cccc(-c2nnco2)c1. The Balaban J connectivity index is 1.53. The highest BCUT2D eigenvalue weighted by Crippen LogP contribution is 2.21. The third kappa shape index (κ3) is 4.37. The van der Waals surface area contributed by atoms with Gasteiger partial charge in [0.1, 0.15) is 5.82 Å². The molecule has 25 heavy (non-hydrogen) atoms. The lowest BCUT2D eigenvalue weighted by Gasteiger charge is -2.08. The Bertz CT molecular complexity index is 869. The molecule has 1 amide bonds. The number of amides is 1. The summed E-state index contributed by atoms with van der Waals surface area (Å²) in [6, 6.07) is 9.88. The van der Waals surface area contributed by atoms with Crippen molar-refractivity contribution in [1.82, 2.24) is 10.2 Å². The fourth-order valence-electron chi connectivity index (χ4n) is 2.10. The molecular formula is C17H13F2N3O3.